The normalized spacial score (nSPS) is 18.4. The van der Waals surface area contributed by atoms with E-state index in [1.807, 2.05) is 66.7 Å². The molecule has 10 heteroatoms. The molecule has 2 saturated heterocycles. The minimum absolute atomic E-state index is 0.0581. The van der Waals surface area contributed by atoms with Gasteiger partial charge in [-0.2, -0.15) is 5.01 Å². The van der Waals surface area contributed by atoms with Crippen LogP contribution in [0.3, 0.4) is 0 Å². The van der Waals surface area contributed by atoms with Crippen LogP contribution >= 0.6 is 23.2 Å². The first-order valence-electron chi connectivity index (χ1n) is 14.3. The van der Waals surface area contributed by atoms with Gasteiger partial charge in [0.1, 0.15) is 12.2 Å². The zero-order chi connectivity index (χ0) is 30.8. The van der Waals surface area contributed by atoms with E-state index in [2.05, 4.69) is 18.0 Å². The average Bonchev–Trinajstić information content (AvgIpc) is 3.36. The number of halogens is 2. The third kappa shape index (κ3) is 5.76. The van der Waals surface area contributed by atoms with E-state index in [0.717, 1.165) is 27.5 Å². The molecule has 44 heavy (non-hydrogen) atoms. The fourth-order valence-corrected chi connectivity index (χ4v) is 6.34. The number of carbonyl (C=O) groups excluding carboxylic acids is 3. The number of carbonyl (C=O) groups is 3. The van der Waals surface area contributed by atoms with Crippen molar-refractivity contribution in [3.63, 3.8) is 0 Å². The Bertz CT molecular complexity index is 1730. The van der Waals surface area contributed by atoms with Crippen LogP contribution in [0.2, 0.25) is 10.0 Å². The lowest BCUT2D eigenvalue weighted by Gasteiger charge is -2.46. The van der Waals surface area contributed by atoms with E-state index in [1.54, 1.807) is 39.1 Å². The number of amides is 4. The molecular formula is C34H31Cl2N5O3. The molecule has 4 aromatic rings. The highest BCUT2D eigenvalue weighted by Crippen LogP contribution is 2.37. The van der Waals surface area contributed by atoms with Crippen molar-refractivity contribution in [1.29, 1.82) is 0 Å². The maximum absolute atomic E-state index is 14.2. The molecule has 2 fully saturated rings. The van der Waals surface area contributed by atoms with Crippen molar-refractivity contribution in [2.24, 2.45) is 0 Å². The zero-order valence-corrected chi connectivity index (χ0v) is 25.4. The topological polar surface area (TPSA) is 76.2 Å². The molecule has 0 aromatic heterocycles. The van der Waals surface area contributed by atoms with Crippen LogP contribution in [0, 0.1) is 0 Å². The molecule has 4 amide bonds. The van der Waals surface area contributed by atoms with Crippen molar-refractivity contribution >= 4 is 51.8 Å². The Labute approximate surface area is 266 Å². The molecule has 2 aliphatic heterocycles. The standard InChI is InChI=1S/C34H31Cl2N5O3/c1-2-17-39(34(44)37-19-23-15-16-28(35)29(36)18-23)40-22-31(42)41-30(40)21-38(33(43)32(41)25-10-4-3-5-11-25)20-26-13-8-12-24-9-6-7-14-27(24)26/h2-16,18,30,32H,1,17,19-22H2,(H,37,44)/t30-,32+/m1/s1. The molecule has 0 aliphatic carbocycles. The Balaban J connectivity index is 1.32. The van der Waals surface area contributed by atoms with Gasteiger partial charge >= 0.3 is 6.03 Å². The lowest BCUT2D eigenvalue weighted by molar-refractivity contribution is -0.158. The first-order chi connectivity index (χ1) is 21.4. The van der Waals surface area contributed by atoms with E-state index in [4.69, 9.17) is 23.2 Å². The number of hydrogen-bond donors (Lipinski definition) is 1. The zero-order valence-electron chi connectivity index (χ0n) is 23.9. The van der Waals surface area contributed by atoms with Crippen LogP contribution in [0.5, 0.6) is 0 Å². The van der Waals surface area contributed by atoms with Crippen LogP contribution < -0.4 is 5.32 Å². The molecule has 1 N–H and O–H groups in total. The summed E-state index contributed by atoms with van der Waals surface area (Å²) < 4.78 is 0. The van der Waals surface area contributed by atoms with Gasteiger partial charge in [0.05, 0.1) is 29.7 Å². The van der Waals surface area contributed by atoms with Gasteiger partial charge in [-0.3, -0.25) is 14.6 Å². The number of piperazine rings is 1. The molecule has 0 radical (unpaired) electrons. The van der Waals surface area contributed by atoms with E-state index in [-0.39, 0.29) is 38.0 Å². The van der Waals surface area contributed by atoms with Crippen LogP contribution in [0.4, 0.5) is 4.79 Å². The van der Waals surface area contributed by atoms with Gasteiger partial charge in [0.15, 0.2) is 0 Å². The minimum Gasteiger partial charge on any atom is -0.333 e. The van der Waals surface area contributed by atoms with E-state index in [0.29, 0.717) is 16.6 Å². The van der Waals surface area contributed by atoms with Crippen molar-refractivity contribution in [3.8, 4) is 0 Å². The molecule has 2 heterocycles. The fourth-order valence-electron chi connectivity index (χ4n) is 6.02. The molecule has 2 atom stereocenters. The second-order valence-corrected chi connectivity index (χ2v) is 11.6. The van der Waals surface area contributed by atoms with Crippen molar-refractivity contribution < 1.29 is 14.4 Å². The second-order valence-electron chi connectivity index (χ2n) is 10.8. The van der Waals surface area contributed by atoms with Gasteiger partial charge in [0.2, 0.25) is 5.91 Å². The van der Waals surface area contributed by atoms with Crippen LogP contribution in [0.25, 0.3) is 10.8 Å². The van der Waals surface area contributed by atoms with E-state index in [9.17, 15) is 14.4 Å². The highest BCUT2D eigenvalue weighted by molar-refractivity contribution is 6.42. The number of fused-ring (bicyclic) bond motifs is 2. The SMILES string of the molecule is C=CCN(C(=O)NCc1ccc(Cl)c(Cl)c1)N1CC(=O)N2[C@@H](c3ccccc3)C(=O)N(Cc3cccc4ccccc34)C[C@@H]21. The quantitative estimate of drug-likeness (QED) is 0.243. The van der Waals surface area contributed by atoms with E-state index >= 15 is 0 Å². The summed E-state index contributed by atoms with van der Waals surface area (Å²) in [4.78, 5) is 44.9. The van der Waals surface area contributed by atoms with Crippen LogP contribution in [-0.2, 0) is 22.7 Å². The molecule has 0 spiro atoms. The maximum Gasteiger partial charge on any atom is 0.332 e. The number of nitrogens with one attached hydrogen (secondary N) is 1. The second kappa shape index (κ2) is 12.7. The number of hydrogen-bond acceptors (Lipinski definition) is 4. The Morgan fingerprint density at radius 3 is 2.48 bits per heavy atom. The monoisotopic (exact) mass is 627 g/mol. The lowest BCUT2D eigenvalue weighted by Crippen LogP contribution is -2.62. The average molecular weight is 629 g/mol. The Morgan fingerprint density at radius 2 is 1.70 bits per heavy atom. The number of benzene rings is 4. The molecule has 6 rings (SSSR count). The summed E-state index contributed by atoms with van der Waals surface area (Å²) in [6, 6.07) is 27.4. The van der Waals surface area contributed by atoms with Crippen molar-refractivity contribution in [3.05, 3.63) is 130 Å². The molecule has 4 aromatic carbocycles. The summed E-state index contributed by atoms with van der Waals surface area (Å²) in [6.07, 6.45) is 1.04. The molecule has 0 saturated carbocycles. The van der Waals surface area contributed by atoms with Crippen LogP contribution in [0.15, 0.2) is 104 Å². The Morgan fingerprint density at radius 1 is 0.955 bits per heavy atom. The van der Waals surface area contributed by atoms with Crippen LogP contribution in [0.1, 0.15) is 22.7 Å². The molecular weight excluding hydrogens is 597 g/mol. The lowest BCUT2D eigenvalue weighted by atomic mass is 9.99. The van der Waals surface area contributed by atoms with Gasteiger partial charge in [-0.15, -0.1) is 6.58 Å². The van der Waals surface area contributed by atoms with Gasteiger partial charge in [-0.05, 0) is 39.6 Å². The molecule has 224 valence electrons. The number of nitrogens with zero attached hydrogens (tertiary/aromatic N) is 4. The summed E-state index contributed by atoms with van der Waals surface area (Å²) in [5.41, 5.74) is 2.51. The fraction of sp³-hybridized carbons (Fsp3) is 0.206. The van der Waals surface area contributed by atoms with Gasteiger partial charge < -0.3 is 15.1 Å². The Kier molecular flexibility index (Phi) is 8.57. The van der Waals surface area contributed by atoms with Gasteiger partial charge in [-0.25, -0.2) is 4.79 Å². The van der Waals surface area contributed by atoms with E-state index in [1.165, 1.54) is 5.01 Å². The number of rotatable bonds is 8. The van der Waals surface area contributed by atoms with Gasteiger partial charge in [-0.1, -0.05) is 108 Å². The molecule has 0 unspecified atom stereocenters. The Hall–Kier alpha value is -4.37. The predicted molar refractivity (Wildman–Crippen MR) is 171 cm³/mol. The molecule has 0 bridgehead atoms. The summed E-state index contributed by atoms with van der Waals surface area (Å²) >= 11 is 12.2. The van der Waals surface area contributed by atoms with E-state index < -0.39 is 18.2 Å². The van der Waals surface area contributed by atoms with Gasteiger partial charge in [0, 0.05) is 13.1 Å². The molecule has 8 nitrogen and oxygen atoms in total. The summed E-state index contributed by atoms with van der Waals surface area (Å²) in [6.45, 7) is 4.75. The number of hydrazine groups is 1. The van der Waals surface area contributed by atoms with Crippen molar-refractivity contribution in [1.82, 2.24) is 25.1 Å². The smallest absolute Gasteiger partial charge is 0.332 e. The summed E-state index contributed by atoms with van der Waals surface area (Å²) in [5, 5.41) is 9.13. The minimum atomic E-state index is -0.827. The largest absolute Gasteiger partial charge is 0.333 e. The third-order valence-corrected chi connectivity index (χ3v) is 8.83. The number of urea groups is 1. The highest BCUT2D eigenvalue weighted by Gasteiger charge is 2.52. The summed E-state index contributed by atoms with van der Waals surface area (Å²) in [7, 11) is 0. The summed E-state index contributed by atoms with van der Waals surface area (Å²) in [5.74, 6) is -0.386. The highest BCUT2D eigenvalue weighted by atomic mass is 35.5. The molecule has 2 aliphatic rings. The third-order valence-electron chi connectivity index (χ3n) is 8.09. The van der Waals surface area contributed by atoms with Crippen molar-refractivity contribution in [2.45, 2.75) is 25.3 Å². The van der Waals surface area contributed by atoms with Crippen molar-refractivity contribution in [2.75, 3.05) is 19.6 Å². The maximum atomic E-state index is 14.2. The first-order valence-corrected chi connectivity index (χ1v) is 15.1. The first kappa shape index (κ1) is 29.7. The van der Waals surface area contributed by atoms with Gasteiger partial charge in [0.25, 0.3) is 5.91 Å². The van der Waals surface area contributed by atoms with Crippen LogP contribution in [-0.4, -0.2) is 63.5 Å². The predicted octanol–water partition coefficient (Wildman–Crippen LogP) is 6.01.